The van der Waals surface area contributed by atoms with Gasteiger partial charge in [0.15, 0.2) is 0 Å². The van der Waals surface area contributed by atoms with Gasteiger partial charge in [-0.2, -0.15) is 0 Å². The van der Waals surface area contributed by atoms with E-state index in [1.54, 1.807) is 12.1 Å². The summed E-state index contributed by atoms with van der Waals surface area (Å²) in [6.07, 6.45) is 0. The van der Waals surface area contributed by atoms with Crippen molar-refractivity contribution in [3.63, 3.8) is 0 Å². The zero-order valence-electron chi connectivity index (χ0n) is 5.14. The van der Waals surface area contributed by atoms with Gasteiger partial charge in [-0.25, -0.2) is 0 Å². The normalized spacial score (nSPS) is 11.4. The number of carbonyl (C=O) groups excluding carboxylic acids is 1. The number of nitrogens with one attached hydrogen (secondary N) is 1. The minimum atomic E-state index is -0.301. The van der Waals surface area contributed by atoms with E-state index in [9.17, 15) is 4.79 Å². The third kappa shape index (κ3) is 6.39. The monoisotopic (exact) mass is 254 g/mol. The third-order valence-electron chi connectivity index (χ3n) is 0.640. The second-order valence-corrected chi connectivity index (χ2v) is 5.28. The number of hydrogen-bond donors (Lipinski definition) is 2. The number of likely N-dealkylation sites (N-methyl/N-ethyl adjacent to an activating group) is 1. The predicted molar refractivity (Wildman–Crippen MR) is 39.3 cm³/mol. The fourth-order valence-electron chi connectivity index (χ4n) is 0.369. The van der Waals surface area contributed by atoms with Crippen molar-refractivity contribution in [2.24, 2.45) is 5.73 Å². The van der Waals surface area contributed by atoms with Crippen LogP contribution < -0.4 is 10.1 Å². The first-order valence-electron chi connectivity index (χ1n) is 2.33. The Morgan fingerprint density at radius 2 is 2.56 bits per heavy atom. The number of rotatable bonds is 4. The molecular formula is C3H10As2N3O. The number of hydrogen-bond acceptors (Lipinski definition) is 3. The first-order valence-corrected chi connectivity index (χ1v) is 9.88. The molecule has 3 N–H and O–H groups in total. The van der Waals surface area contributed by atoms with E-state index in [0.717, 1.165) is 0 Å². The molecule has 9 heavy (non-hydrogen) atoms. The van der Waals surface area contributed by atoms with Gasteiger partial charge >= 0.3 is 68.1 Å². The van der Waals surface area contributed by atoms with Crippen molar-refractivity contribution in [3.8, 4) is 0 Å². The maximum absolute atomic E-state index is 10.2. The van der Waals surface area contributed by atoms with Crippen LogP contribution in [-0.2, 0) is 4.79 Å². The Hall–Kier alpha value is 0.507. The quantitative estimate of drug-likeness (QED) is 0.417. The summed E-state index contributed by atoms with van der Waals surface area (Å²) in [5, 5.41) is 1.71. The third-order valence-corrected chi connectivity index (χ3v) is 2.89. The van der Waals surface area contributed by atoms with Crippen molar-refractivity contribution in [1.82, 2.24) is 9.35 Å². The molecule has 0 saturated carbocycles. The van der Waals surface area contributed by atoms with E-state index in [4.69, 9.17) is 5.73 Å². The Labute approximate surface area is 68.2 Å². The van der Waals surface area contributed by atoms with Crippen molar-refractivity contribution < 1.29 is 4.79 Å². The van der Waals surface area contributed by atoms with E-state index in [0.29, 0.717) is 0 Å². The summed E-state index contributed by atoms with van der Waals surface area (Å²) >= 11 is 1.97. The second kappa shape index (κ2) is 5.30. The zero-order valence-corrected chi connectivity index (χ0v) is 9.34. The van der Waals surface area contributed by atoms with Gasteiger partial charge < -0.3 is 0 Å². The van der Waals surface area contributed by atoms with E-state index in [1.165, 1.54) is 0 Å². The van der Waals surface area contributed by atoms with Gasteiger partial charge in [0.1, 0.15) is 0 Å². The molecule has 0 rings (SSSR count). The van der Waals surface area contributed by atoms with Crippen LogP contribution in [0.3, 0.4) is 0 Å². The van der Waals surface area contributed by atoms with E-state index in [1.807, 2.05) is 0 Å². The first kappa shape index (κ1) is 9.51. The topological polar surface area (TPSA) is 58.4 Å². The van der Waals surface area contributed by atoms with Crippen molar-refractivity contribution in [2.45, 2.75) is 0 Å². The summed E-state index contributed by atoms with van der Waals surface area (Å²) in [5.74, 6) is -0.301. The van der Waals surface area contributed by atoms with Crippen LogP contribution in [0.2, 0.25) is 0 Å². The Morgan fingerprint density at radius 1 is 2.00 bits per heavy atom. The average molecular weight is 254 g/mol. The van der Waals surface area contributed by atoms with Gasteiger partial charge in [-0.1, -0.05) is 0 Å². The van der Waals surface area contributed by atoms with Gasteiger partial charge in [-0.15, -0.1) is 0 Å². The zero-order chi connectivity index (χ0) is 7.28. The Bertz CT molecular complexity index is 99.1. The molecule has 0 aromatic carbocycles. The van der Waals surface area contributed by atoms with E-state index < -0.39 is 0 Å². The SMILES string of the molecule is CN(CC(N)=O)N[AsH][AsH]. The summed E-state index contributed by atoms with van der Waals surface area (Å²) < 4.78 is 3.03. The van der Waals surface area contributed by atoms with E-state index in [2.05, 4.69) is 19.1 Å². The van der Waals surface area contributed by atoms with Gasteiger partial charge in [0.25, 0.3) is 0 Å². The summed E-state index contributed by atoms with van der Waals surface area (Å²) in [6, 6.07) is 0. The molecular weight excluding hydrogens is 244 g/mol. The molecule has 0 heterocycles. The Morgan fingerprint density at radius 3 is 2.89 bits per heavy atom. The number of nitrogens with zero attached hydrogens (tertiary/aromatic N) is 1. The second-order valence-electron chi connectivity index (χ2n) is 1.56. The van der Waals surface area contributed by atoms with E-state index >= 15 is 0 Å². The molecule has 0 aromatic rings. The Balaban J connectivity index is 3.26. The molecule has 6 heteroatoms. The van der Waals surface area contributed by atoms with Crippen LogP contribution >= 0.6 is 0 Å². The molecule has 53 valence electrons. The fraction of sp³-hybridized carbons (Fsp3) is 0.667. The van der Waals surface area contributed by atoms with Crippen LogP contribution in [0.4, 0.5) is 0 Å². The molecule has 0 aliphatic heterocycles. The van der Waals surface area contributed by atoms with Crippen LogP contribution in [0, 0.1) is 0 Å². The van der Waals surface area contributed by atoms with Crippen LogP contribution in [0.5, 0.6) is 0 Å². The predicted octanol–water partition coefficient (Wildman–Crippen LogP) is -2.92. The van der Waals surface area contributed by atoms with Crippen LogP contribution in [0.1, 0.15) is 0 Å². The molecule has 0 spiro atoms. The van der Waals surface area contributed by atoms with Crippen molar-refractivity contribution in [2.75, 3.05) is 13.6 Å². The molecule has 4 nitrogen and oxygen atoms in total. The molecule has 1 unspecified atom stereocenters. The fourth-order valence-corrected chi connectivity index (χ4v) is 3.02. The molecule has 1 atom stereocenters. The van der Waals surface area contributed by atoms with Crippen LogP contribution in [-0.4, -0.2) is 53.2 Å². The molecule has 0 aliphatic rings. The van der Waals surface area contributed by atoms with Gasteiger partial charge in [-0.3, -0.25) is 0 Å². The Kier molecular flexibility index (Phi) is 5.60. The average Bonchev–Trinajstić information content (AvgIpc) is 1.63. The number of nitrogens with two attached hydrogens (primary N) is 1. The summed E-state index contributed by atoms with van der Waals surface area (Å²) in [4.78, 5) is 10.2. The number of carbonyl (C=O) groups is 1. The van der Waals surface area contributed by atoms with E-state index in [-0.39, 0.29) is 26.4 Å². The number of amides is 1. The molecule has 0 bridgehead atoms. The molecule has 0 aromatic heterocycles. The van der Waals surface area contributed by atoms with Gasteiger partial charge in [0.05, 0.1) is 0 Å². The molecule has 0 saturated heterocycles. The summed E-state index contributed by atoms with van der Waals surface area (Å²) in [5.41, 5.74) is 4.92. The number of hydrazine groups is 1. The van der Waals surface area contributed by atoms with Crippen molar-refractivity contribution in [1.29, 1.82) is 0 Å². The summed E-state index contributed by atoms with van der Waals surface area (Å²) in [7, 11) is 1.80. The molecule has 1 radical (unpaired) electrons. The number of primary amides is 1. The molecule has 0 fully saturated rings. The minimum absolute atomic E-state index is 0.107. The van der Waals surface area contributed by atoms with Gasteiger partial charge in [0, 0.05) is 0 Å². The standard InChI is InChI=1S/C3H10As2N3O/c1-8(7-5-4)2-3(6)9/h4-5,7H,2H2,1H3,(H2,6,9). The van der Waals surface area contributed by atoms with Crippen molar-refractivity contribution in [3.05, 3.63) is 0 Å². The molecule has 0 aliphatic carbocycles. The van der Waals surface area contributed by atoms with Gasteiger partial charge in [0.2, 0.25) is 0 Å². The maximum atomic E-state index is 10.2. The molecule has 1 amide bonds. The van der Waals surface area contributed by atoms with Crippen LogP contribution in [0.25, 0.3) is 0 Å². The van der Waals surface area contributed by atoms with Crippen LogP contribution in [0.15, 0.2) is 0 Å². The van der Waals surface area contributed by atoms with Gasteiger partial charge in [-0.05, 0) is 0 Å². The van der Waals surface area contributed by atoms with Crippen molar-refractivity contribution >= 4 is 34.6 Å². The summed E-state index contributed by atoms with van der Waals surface area (Å²) in [6.45, 7) is 0.289. The first-order chi connectivity index (χ1) is 4.16.